The van der Waals surface area contributed by atoms with Gasteiger partial charge >= 0.3 is 0 Å². The molecule has 2 heterocycles. The predicted octanol–water partition coefficient (Wildman–Crippen LogP) is 3.99. The van der Waals surface area contributed by atoms with E-state index in [4.69, 9.17) is 0 Å². The number of amides is 1. The van der Waals surface area contributed by atoms with Gasteiger partial charge in [-0.25, -0.2) is 12.7 Å². The van der Waals surface area contributed by atoms with Crippen LogP contribution < -0.4 is 0 Å². The van der Waals surface area contributed by atoms with Gasteiger partial charge in [-0.3, -0.25) is 4.79 Å². The molecule has 2 fully saturated rings. The molecule has 1 atom stereocenters. The average Bonchev–Trinajstić information content (AvgIpc) is 3.28. The molecule has 2 aromatic rings. The van der Waals surface area contributed by atoms with E-state index in [1.54, 1.807) is 31.3 Å². The fourth-order valence-corrected chi connectivity index (χ4v) is 6.35. The molecule has 186 valence electrons. The molecule has 0 saturated carbocycles. The second-order valence-electron chi connectivity index (χ2n) is 9.26. The number of piperidine rings is 1. The fourth-order valence-electron chi connectivity index (χ4n) is 5.12. The van der Waals surface area contributed by atoms with Crippen LogP contribution in [0.4, 0.5) is 0 Å². The number of halogens is 1. The summed E-state index contributed by atoms with van der Waals surface area (Å²) in [6, 6.07) is 19.3. The Hall–Kier alpha value is -1.93. The van der Waals surface area contributed by atoms with E-state index in [2.05, 4.69) is 21.9 Å². The first kappa shape index (κ1) is 26.7. The Labute approximate surface area is 210 Å². The van der Waals surface area contributed by atoms with E-state index in [1.807, 2.05) is 24.3 Å². The van der Waals surface area contributed by atoms with Crippen molar-refractivity contribution >= 4 is 28.3 Å². The number of nitrogens with zero attached hydrogens (tertiary/aromatic N) is 3. The summed E-state index contributed by atoms with van der Waals surface area (Å²) in [7, 11) is -1.85. The zero-order valence-electron chi connectivity index (χ0n) is 19.9. The average molecular weight is 506 g/mol. The van der Waals surface area contributed by atoms with Crippen LogP contribution in [0.3, 0.4) is 0 Å². The maximum Gasteiger partial charge on any atom is 0.242 e. The third-order valence-corrected chi connectivity index (χ3v) is 8.94. The van der Waals surface area contributed by atoms with E-state index in [9.17, 15) is 13.2 Å². The second-order valence-corrected chi connectivity index (χ2v) is 11.3. The number of sulfonamides is 1. The Morgan fingerprint density at radius 1 is 0.971 bits per heavy atom. The molecule has 0 N–H and O–H groups in total. The monoisotopic (exact) mass is 505 g/mol. The van der Waals surface area contributed by atoms with Crippen LogP contribution in [0.25, 0.3) is 0 Å². The molecular formula is C26H36ClN3O3S. The summed E-state index contributed by atoms with van der Waals surface area (Å²) in [5.74, 6) is 0.438. The smallest absolute Gasteiger partial charge is 0.242 e. The highest BCUT2D eigenvalue weighted by Gasteiger charge is 2.31. The summed E-state index contributed by atoms with van der Waals surface area (Å²) in [5, 5.41) is 0. The quantitative estimate of drug-likeness (QED) is 0.517. The minimum atomic E-state index is -3.52. The zero-order chi connectivity index (χ0) is 23.3. The van der Waals surface area contributed by atoms with Gasteiger partial charge in [-0.2, -0.15) is 0 Å². The van der Waals surface area contributed by atoms with Gasteiger partial charge in [0.2, 0.25) is 15.9 Å². The minimum Gasteiger partial charge on any atom is -0.340 e. The molecule has 1 amide bonds. The Balaban J connectivity index is 0.00000324. The van der Waals surface area contributed by atoms with Crippen molar-refractivity contribution in [3.05, 3.63) is 66.2 Å². The maximum absolute atomic E-state index is 13.1. The summed E-state index contributed by atoms with van der Waals surface area (Å²) in [4.78, 5) is 17.0. The number of hydrogen-bond acceptors (Lipinski definition) is 4. The van der Waals surface area contributed by atoms with Gasteiger partial charge in [0.1, 0.15) is 0 Å². The van der Waals surface area contributed by atoms with Crippen molar-refractivity contribution in [2.24, 2.45) is 0 Å². The Morgan fingerprint density at radius 2 is 1.59 bits per heavy atom. The number of likely N-dealkylation sites (N-methyl/N-ethyl adjacent to an activating group) is 1. The zero-order valence-corrected chi connectivity index (χ0v) is 21.5. The Kier molecular flexibility index (Phi) is 9.54. The Bertz CT molecular complexity index is 1010. The molecule has 0 spiro atoms. The molecule has 4 rings (SSSR count). The van der Waals surface area contributed by atoms with E-state index in [0.29, 0.717) is 29.8 Å². The fraction of sp³-hybridized carbons (Fsp3) is 0.500. The topological polar surface area (TPSA) is 60.9 Å². The largest absolute Gasteiger partial charge is 0.340 e. The first-order valence-corrected chi connectivity index (χ1v) is 13.5. The van der Waals surface area contributed by atoms with Gasteiger partial charge in [0, 0.05) is 45.7 Å². The lowest BCUT2D eigenvalue weighted by Gasteiger charge is -2.37. The molecule has 2 saturated heterocycles. The van der Waals surface area contributed by atoms with Crippen LogP contribution >= 0.6 is 12.4 Å². The van der Waals surface area contributed by atoms with Crippen LogP contribution in [-0.4, -0.2) is 74.2 Å². The molecule has 0 aliphatic carbocycles. The van der Waals surface area contributed by atoms with Gasteiger partial charge < -0.3 is 9.80 Å². The van der Waals surface area contributed by atoms with Crippen molar-refractivity contribution in [2.75, 3.05) is 39.8 Å². The SMILES string of the molecule is CN(C[C@H](CCN1CCC(N2CCCC2=O)CC1)c1ccccc1)S(=O)(=O)c1ccccc1.Cl. The van der Waals surface area contributed by atoms with Gasteiger partial charge in [0.05, 0.1) is 4.90 Å². The second kappa shape index (κ2) is 12.2. The number of benzene rings is 2. The van der Waals surface area contributed by atoms with Crippen LogP contribution in [0.1, 0.15) is 43.6 Å². The highest BCUT2D eigenvalue weighted by atomic mass is 35.5. The van der Waals surface area contributed by atoms with Gasteiger partial charge in [-0.15, -0.1) is 12.4 Å². The van der Waals surface area contributed by atoms with E-state index in [-0.39, 0.29) is 18.3 Å². The van der Waals surface area contributed by atoms with Crippen molar-refractivity contribution in [3.8, 4) is 0 Å². The molecule has 2 aliphatic heterocycles. The molecular weight excluding hydrogens is 470 g/mol. The van der Waals surface area contributed by atoms with Gasteiger partial charge in [0.25, 0.3) is 0 Å². The summed E-state index contributed by atoms with van der Waals surface area (Å²) in [5.41, 5.74) is 1.17. The van der Waals surface area contributed by atoms with Crippen LogP contribution in [0.15, 0.2) is 65.6 Å². The normalized spacial score (nSPS) is 18.8. The third-order valence-electron chi connectivity index (χ3n) is 7.10. The van der Waals surface area contributed by atoms with Crippen molar-refractivity contribution in [1.29, 1.82) is 0 Å². The predicted molar refractivity (Wildman–Crippen MR) is 138 cm³/mol. The van der Waals surface area contributed by atoms with Crippen molar-refractivity contribution in [2.45, 2.75) is 49.0 Å². The van der Waals surface area contributed by atoms with Crippen LogP contribution in [0.2, 0.25) is 0 Å². The Morgan fingerprint density at radius 3 is 2.18 bits per heavy atom. The molecule has 6 nitrogen and oxygen atoms in total. The highest BCUT2D eigenvalue weighted by molar-refractivity contribution is 7.89. The number of carbonyl (C=O) groups excluding carboxylic acids is 1. The van der Waals surface area contributed by atoms with Crippen LogP contribution in [-0.2, 0) is 14.8 Å². The summed E-state index contributed by atoms with van der Waals surface area (Å²) >= 11 is 0. The van der Waals surface area contributed by atoms with Crippen molar-refractivity contribution in [1.82, 2.24) is 14.1 Å². The van der Waals surface area contributed by atoms with E-state index in [0.717, 1.165) is 51.9 Å². The number of rotatable bonds is 9. The lowest BCUT2D eigenvalue weighted by atomic mass is 9.94. The maximum atomic E-state index is 13.1. The summed E-state index contributed by atoms with van der Waals surface area (Å²) in [6.45, 7) is 4.28. The van der Waals surface area contributed by atoms with Crippen LogP contribution in [0, 0.1) is 0 Å². The van der Waals surface area contributed by atoms with E-state index >= 15 is 0 Å². The molecule has 0 bridgehead atoms. The lowest BCUT2D eigenvalue weighted by Crippen LogP contribution is -2.45. The molecule has 0 radical (unpaired) electrons. The molecule has 0 aromatic heterocycles. The van der Waals surface area contributed by atoms with Crippen molar-refractivity contribution in [3.63, 3.8) is 0 Å². The summed E-state index contributed by atoms with van der Waals surface area (Å²) < 4.78 is 27.6. The van der Waals surface area contributed by atoms with E-state index in [1.165, 1.54) is 9.87 Å². The molecule has 34 heavy (non-hydrogen) atoms. The lowest BCUT2D eigenvalue weighted by molar-refractivity contribution is -0.130. The standard InChI is InChI=1S/C26H35N3O3S.ClH/c1-27(33(31,32)25-11-6-3-7-12-25)21-23(22-9-4-2-5-10-22)14-18-28-19-15-24(16-20-28)29-17-8-13-26(29)30;/h2-7,9-12,23-24H,8,13-21H2,1H3;1H/t23-;/m0./s1. The molecule has 0 unspecified atom stereocenters. The highest BCUT2D eigenvalue weighted by Crippen LogP contribution is 2.26. The van der Waals surface area contributed by atoms with Gasteiger partial charge in [0.15, 0.2) is 0 Å². The van der Waals surface area contributed by atoms with Gasteiger partial charge in [-0.05, 0) is 55.8 Å². The third kappa shape index (κ3) is 6.39. The van der Waals surface area contributed by atoms with Gasteiger partial charge in [-0.1, -0.05) is 48.5 Å². The first-order chi connectivity index (χ1) is 15.9. The van der Waals surface area contributed by atoms with E-state index < -0.39 is 10.0 Å². The molecule has 2 aliphatic rings. The van der Waals surface area contributed by atoms with Crippen LogP contribution in [0.5, 0.6) is 0 Å². The number of likely N-dealkylation sites (tertiary alicyclic amines) is 2. The number of hydrogen-bond donors (Lipinski definition) is 0. The number of carbonyl (C=O) groups is 1. The molecule has 2 aromatic carbocycles. The minimum absolute atomic E-state index is 0. The summed E-state index contributed by atoms with van der Waals surface area (Å²) in [6.07, 6.45) is 4.66. The molecule has 8 heteroatoms. The van der Waals surface area contributed by atoms with Crippen molar-refractivity contribution < 1.29 is 13.2 Å². The first-order valence-electron chi connectivity index (χ1n) is 12.0.